The molecule has 1 amide bonds. The summed E-state index contributed by atoms with van der Waals surface area (Å²) in [5, 5.41) is 10.4. The summed E-state index contributed by atoms with van der Waals surface area (Å²) in [7, 11) is 0. The summed E-state index contributed by atoms with van der Waals surface area (Å²) in [5.41, 5.74) is 11.6. The van der Waals surface area contributed by atoms with Gasteiger partial charge in [0.05, 0.1) is 17.9 Å². The van der Waals surface area contributed by atoms with Gasteiger partial charge >= 0.3 is 0 Å². The fourth-order valence-electron chi connectivity index (χ4n) is 5.76. The van der Waals surface area contributed by atoms with Crippen LogP contribution in [0, 0.1) is 16.7 Å². The molecule has 180 valence electrons. The number of anilines is 2. The molecule has 0 bridgehead atoms. The summed E-state index contributed by atoms with van der Waals surface area (Å²) in [6.07, 6.45) is 4.74. The quantitative estimate of drug-likeness (QED) is 0.539. The molecule has 7 heteroatoms. The molecule has 0 saturated carbocycles. The van der Waals surface area contributed by atoms with E-state index in [9.17, 15) is 10.1 Å². The van der Waals surface area contributed by atoms with Gasteiger partial charge in [0.2, 0.25) is 5.91 Å². The van der Waals surface area contributed by atoms with Crippen molar-refractivity contribution in [3.63, 3.8) is 0 Å². The number of nitrogens with two attached hydrogens (primary N) is 1. The van der Waals surface area contributed by atoms with Crippen LogP contribution in [0.2, 0.25) is 0 Å². The highest BCUT2D eigenvalue weighted by Crippen LogP contribution is 2.46. The second-order valence-corrected chi connectivity index (χ2v) is 10.5. The minimum Gasteiger partial charge on any atom is -0.398 e. The first kappa shape index (κ1) is 23.1. The van der Waals surface area contributed by atoms with Crippen molar-refractivity contribution in [2.75, 3.05) is 36.8 Å². The van der Waals surface area contributed by atoms with E-state index in [0.29, 0.717) is 43.2 Å². The van der Waals surface area contributed by atoms with Crippen molar-refractivity contribution in [3.05, 3.63) is 59.8 Å². The molecule has 7 nitrogen and oxygen atoms in total. The van der Waals surface area contributed by atoms with Crippen LogP contribution in [0.3, 0.4) is 0 Å². The minimum atomic E-state index is -0.349. The number of amides is 1. The lowest BCUT2D eigenvalue weighted by molar-refractivity contribution is -0.136. The number of hydrogen-bond donors (Lipinski definition) is 1. The Balaban J connectivity index is 1.63. The Bertz CT molecular complexity index is 1280. The molecule has 1 spiro atoms. The SMILES string of the molecule is C=CC(=O)N1CC2(CCN(c3nc4c(c(-c5c(N)cccc5C=C)c3C#N)COC(C)(C)C4)C2)C1. The Kier molecular flexibility index (Phi) is 5.45. The third-order valence-corrected chi connectivity index (χ3v) is 7.55. The van der Waals surface area contributed by atoms with Crippen LogP contribution < -0.4 is 10.6 Å². The topological polar surface area (TPSA) is 95.5 Å². The first-order chi connectivity index (χ1) is 16.7. The molecule has 3 aliphatic rings. The van der Waals surface area contributed by atoms with E-state index in [2.05, 4.69) is 38.0 Å². The van der Waals surface area contributed by atoms with Crippen molar-refractivity contribution in [3.8, 4) is 17.2 Å². The number of nitriles is 1. The molecule has 0 atom stereocenters. The van der Waals surface area contributed by atoms with Crippen molar-refractivity contribution in [1.29, 1.82) is 5.26 Å². The fraction of sp³-hybridized carbons (Fsp3) is 0.393. The lowest BCUT2D eigenvalue weighted by Crippen LogP contribution is -2.59. The van der Waals surface area contributed by atoms with E-state index < -0.39 is 0 Å². The van der Waals surface area contributed by atoms with Crippen molar-refractivity contribution in [2.24, 2.45) is 5.41 Å². The minimum absolute atomic E-state index is 0.0280. The number of pyridine rings is 1. The molecule has 2 aromatic rings. The Hall–Kier alpha value is -3.63. The van der Waals surface area contributed by atoms with E-state index in [1.165, 1.54) is 6.08 Å². The first-order valence-corrected chi connectivity index (χ1v) is 12.0. The smallest absolute Gasteiger partial charge is 0.245 e. The number of carbonyl (C=O) groups excluding carboxylic acids is 1. The molecule has 2 N–H and O–H groups in total. The van der Waals surface area contributed by atoms with Gasteiger partial charge in [-0.05, 0) is 38.0 Å². The number of carbonyl (C=O) groups is 1. The molecule has 1 aromatic carbocycles. The van der Waals surface area contributed by atoms with Gasteiger partial charge in [0, 0.05) is 60.4 Å². The maximum absolute atomic E-state index is 12.0. The lowest BCUT2D eigenvalue weighted by atomic mass is 9.79. The van der Waals surface area contributed by atoms with Gasteiger partial charge in [0.25, 0.3) is 0 Å². The van der Waals surface area contributed by atoms with Crippen LogP contribution in [0.25, 0.3) is 17.2 Å². The van der Waals surface area contributed by atoms with Crippen LogP contribution in [0.15, 0.2) is 37.4 Å². The van der Waals surface area contributed by atoms with E-state index in [1.54, 1.807) is 6.08 Å². The predicted octanol–water partition coefficient (Wildman–Crippen LogP) is 3.92. The molecule has 35 heavy (non-hydrogen) atoms. The number of nitrogen functional groups attached to an aromatic ring is 1. The van der Waals surface area contributed by atoms with Gasteiger partial charge in [-0.1, -0.05) is 31.4 Å². The van der Waals surface area contributed by atoms with Gasteiger partial charge < -0.3 is 20.3 Å². The molecule has 4 heterocycles. The number of ether oxygens (including phenoxy) is 1. The van der Waals surface area contributed by atoms with Crippen molar-refractivity contribution in [1.82, 2.24) is 9.88 Å². The number of benzene rings is 1. The fourth-order valence-corrected chi connectivity index (χ4v) is 5.76. The number of aromatic nitrogens is 1. The monoisotopic (exact) mass is 469 g/mol. The average molecular weight is 470 g/mol. The van der Waals surface area contributed by atoms with Crippen molar-refractivity contribution in [2.45, 2.75) is 38.9 Å². The number of nitrogens with zero attached hydrogens (tertiary/aromatic N) is 4. The van der Waals surface area contributed by atoms with Gasteiger partial charge in [-0.25, -0.2) is 4.98 Å². The third-order valence-electron chi connectivity index (χ3n) is 7.55. The normalized spacial score (nSPS) is 19.6. The molecular weight excluding hydrogens is 438 g/mol. The molecule has 0 aliphatic carbocycles. The zero-order valence-electron chi connectivity index (χ0n) is 20.4. The maximum atomic E-state index is 12.0. The largest absolute Gasteiger partial charge is 0.398 e. The Labute approximate surface area is 206 Å². The van der Waals surface area contributed by atoms with Crippen LogP contribution in [0.5, 0.6) is 0 Å². The van der Waals surface area contributed by atoms with Gasteiger partial charge in [-0.3, -0.25) is 4.79 Å². The van der Waals surface area contributed by atoms with Crippen LogP contribution in [-0.2, 0) is 22.6 Å². The standard InChI is InChI=1S/C28H31N5O2/c1-5-18-8-7-9-21(30)24(18)25-19(13-29)26(31-22-12-27(3,4)35-14-20(22)25)32-11-10-28(15-32)16-33(17-28)23(34)6-2/h5-9H,1-2,10-12,14-17,30H2,3-4H3. The number of rotatable bonds is 4. The zero-order valence-corrected chi connectivity index (χ0v) is 20.4. The number of likely N-dealkylation sites (tertiary alicyclic amines) is 1. The van der Waals surface area contributed by atoms with Gasteiger partial charge in [0.1, 0.15) is 17.5 Å². The van der Waals surface area contributed by atoms with Crippen LogP contribution >= 0.6 is 0 Å². The molecule has 0 radical (unpaired) electrons. The molecule has 1 aromatic heterocycles. The van der Waals surface area contributed by atoms with Gasteiger partial charge in [-0.15, -0.1) is 0 Å². The maximum Gasteiger partial charge on any atom is 0.245 e. The Morgan fingerprint density at radius 1 is 1.26 bits per heavy atom. The van der Waals surface area contributed by atoms with Crippen molar-refractivity contribution >= 4 is 23.5 Å². The summed E-state index contributed by atoms with van der Waals surface area (Å²) in [6, 6.07) is 8.17. The van der Waals surface area contributed by atoms with E-state index in [1.807, 2.05) is 23.1 Å². The zero-order chi connectivity index (χ0) is 25.0. The summed E-state index contributed by atoms with van der Waals surface area (Å²) >= 11 is 0. The van der Waals surface area contributed by atoms with E-state index in [4.69, 9.17) is 15.5 Å². The summed E-state index contributed by atoms with van der Waals surface area (Å²) in [5.74, 6) is 0.669. The van der Waals surface area contributed by atoms with Crippen LogP contribution in [0.1, 0.15) is 42.7 Å². The van der Waals surface area contributed by atoms with Crippen molar-refractivity contribution < 1.29 is 9.53 Å². The lowest BCUT2D eigenvalue weighted by Gasteiger charge is -2.47. The number of hydrogen-bond acceptors (Lipinski definition) is 6. The van der Waals surface area contributed by atoms with E-state index in [0.717, 1.165) is 47.5 Å². The van der Waals surface area contributed by atoms with Gasteiger partial charge in [-0.2, -0.15) is 5.26 Å². The highest BCUT2D eigenvalue weighted by atomic mass is 16.5. The summed E-state index contributed by atoms with van der Waals surface area (Å²) in [6.45, 7) is 15.0. The molecular formula is C28H31N5O2. The molecule has 2 fully saturated rings. The molecule has 2 saturated heterocycles. The van der Waals surface area contributed by atoms with E-state index in [-0.39, 0.29) is 16.9 Å². The van der Waals surface area contributed by atoms with Crippen LogP contribution in [0.4, 0.5) is 11.5 Å². The molecule has 3 aliphatic heterocycles. The van der Waals surface area contributed by atoms with Crippen LogP contribution in [-0.4, -0.2) is 47.6 Å². The Morgan fingerprint density at radius 2 is 2.03 bits per heavy atom. The second-order valence-electron chi connectivity index (χ2n) is 10.5. The third kappa shape index (κ3) is 3.78. The highest BCUT2D eigenvalue weighted by molar-refractivity contribution is 5.91. The first-order valence-electron chi connectivity index (χ1n) is 12.0. The summed E-state index contributed by atoms with van der Waals surface area (Å²) in [4.78, 5) is 21.1. The predicted molar refractivity (Wildman–Crippen MR) is 138 cm³/mol. The Morgan fingerprint density at radius 3 is 2.71 bits per heavy atom. The second kappa shape index (κ2) is 8.24. The highest BCUT2D eigenvalue weighted by Gasteiger charge is 2.49. The molecule has 0 unspecified atom stereocenters. The molecule has 5 rings (SSSR count). The summed E-state index contributed by atoms with van der Waals surface area (Å²) < 4.78 is 6.16. The average Bonchev–Trinajstić information content (AvgIpc) is 3.26. The number of fused-ring (bicyclic) bond motifs is 1. The van der Waals surface area contributed by atoms with Gasteiger partial charge in [0.15, 0.2) is 0 Å². The van der Waals surface area contributed by atoms with E-state index >= 15 is 0 Å².